The highest BCUT2D eigenvalue weighted by Gasteiger charge is 2.27. The van der Waals surface area contributed by atoms with Gasteiger partial charge in [0.1, 0.15) is 0 Å². The fraction of sp³-hybridized carbons (Fsp3) is 0.615. The number of hydrogen-bond donors (Lipinski definition) is 2. The van der Waals surface area contributed by atoms with Crippen LogP contribution >= 0.6 is 0 Å². The van der Waals surface area contributed by atoms with Crippen molar-refractivity contribution in [3.05, 3.63) is 12.4 Å². The Morgan fingerprint density at radius 2 is 2.09 bits per heavy atom. The Hall–Kier alpha value is -1.94. The van der Waals surface area contributed by atoms with Gasteiger partial charge in [-0.05, 0) is 20.3 Å². The number of carbonyl (C=O) groups is 2. The highest BCUT2D eigenvalue weighted by Crippen LogP contribution is 2.12. The van der Waals surface area contributed by atoms with Crippen LogP contribution in [0.15, 0.2) is 12.4 Å². The second-order valence-corrected chi connectivity index (χ2v) is 7.67. The molecule has 1 fully saturated rings. The molecule has 1 saturated heterocycles. The lowest BCUT2D eigenvalue weighted by Crippen LogP contribution is -2.40. The molecule has 128 valence electrons. The van der Waals surface area contributed by atoms with Crippen molar-refractivity contribution in [1.29, 1.82) is 0 Å². The standard InChI is InChI=1S/C13H21N5O4S/c1-10(2)18-9-11(8-15-18)16-13(20)12(19)14-4-6-17-5-3-7-23(17,21)22/h8-10H,3-7H2,1-2H3,(H,14,19)(H,16,20). The molecule has 1 aliphatic heterocycles. The zero-order valence-corrected chi connectivity index (χ0v) is 14.0. The maximum absolute atomic E-state index is 11.8. The van der Waals surface area contributed by atoms with Crippen LogP contribution in [0.2, 0.25) is 0 Å². The van der Waals surface area contributed by atoms with Gasteiger partial charge >= 0.3 is 11.8 Å². The summed E-state index contributed by atoms with van der Waals surface area (Å²) in [5, 5.41) is 8.91. The smallest absolute Gasteiger partial charge is 0.313 e. The zero-order valence-electron chi connectivity index (χ0n) is 13.2. The average molecular weight is 343 g/mol. The summed E-state index contributed by atoms with van der Waals surface area (Å²) in [6.45, 7) is 4.61. The van der Waals surface area contributed by atoms with Gasteiger partial charge in [0.15, 0.2) is 0 Å². The molecule has 10 heteroatoms. The number of sulfonamides is 1. The van der Waals surface area contributed by atoms with Gasteiger partial charge < -0.3 is 10.6 Å². The fourth-order valence-electron chi connectivity index (χ4n) is 2.19. The Labute approximate surface area is 135 Å². The molecule has 9 nitrogen and oxygen atoms in total. The molecule has 0 unspecified atom stereocenters. The molecule has 0 aromatic carbocycles. The first-order valence-electron chi connectivity index (χ1n) is 7.41. The fourth-order valence-corrected chi connectivity index (χ4v) is 3.72. The molecule has 0 saturated carbocycles. The van der Waals surface area contributed by atoms with Gasteiger partial charge in [0.25, 0.3) is 0 Å². The van der Waals surface area contributed by atoms with Crippen LogP contribution in [0.4, 0.5) is 5.69 Å². The van der Waals surface area contributed by atoms with Crippen LogP contribution in [0.1, 0.15) is 26.3 Å². The molecule has 1 aliphatic rings. The summed E-state index contributed by atoms with van der Waals surface area (Å²) < 4.78 is 26.2. The molecule has 0 radical (unpaired) electrons. The molecule has 23 heavy (non-hydrogen) atoms. The lowest BCUT2D eigenvalue weighted by Gasteiger charge is -2.14. The molecule has 0 spiro atoms. The number of nitrogens with one attached hydrogen (secondary N) is 2. The minimum absolute atomic E-state index is 0.0940. The third-order valence-electron chi connectivity index (χ3n) is 3.44. The Morgan fingerprint density at radius 1 is 1.35 bits per heavy atom. The minimum atomic E-state index is -3.19. The van der Waals surface area contributed by atoms with Crippen molar-refractivity contribution in [2.24, 2.45) is 0 Å². The lowest BCUT2D eigenvalue weighted by atomic mass is 10.4. The molecule has 2 amide bonds. The van der Waals surface area contributed by atoms with Crippen LogP contribution in [0.25, 0.3) is 0 Å². The maximum Gasteiger partial charge on any atom is 0.313 e. The van der Waals surface area contributed by atoms with Crippen LogP contribution < -0.4 is 10.6 Å². The third-order valence-corrected chi connectivity index (χ3v) is 5.40. The first kappa shape index (κ1) is 17.4. The second kappa shape index (κ2) is 7.09. The summed E-state index contributed by atoms with van der Waals surface area (Å²) in [6.07, 6.45) is 3.69. The molecule has 0 atom stereocenters. The molecular formula is C13H21N5O4S. The van der Waals surface area contributed by atoms with Gasteiger partial charge in [-0.2, -0.15) is 5.10 Å². The second-order valence-electron chi connectivity index (χ2n) is 5.58. The Bertz CT molecular complexity index is 682. The first-order chi connectivity index (χ1) is 10.8. The average Bonchev–Trinajstić information content (AvgIpc) is 3.06. The molecule has 0 aliphatic carbocycles. The summed E-state index contributed by atoms with van der Waals surface area (Å²) in [5.41, 5.74) is 0.431. The van der Waals surface area contributed by atoms with Gasteiger partial charge in [0, 0.05) is 31.9 Å². The van der Waals surface area contributed by atoms with Crippen molar-refractivity contribution >= 4 is 27.5 Å². The van der Waals surface area contributed by atoms with Crippen LogP contribution in [0.3, 0.4) is 0 Å². The first-order valence-corrected chi connectivity index (χ1v) is 9.01. The molecule has 2 rings (SSSR count). The third kappa shape index (κ3) is 4.52. The number of nitrogens with zero attached hydrogens (tertiary/aromatic N) is 3. The molecule has 0 bridgehead atoms. The summed E-state index contributed by atoms with van der Waals surface area (Å²) in [6, 6.07) is 0.150. The van der Waals surface area contributed by atoms with E-state index < -0.39 is 21.8 Å². The van der Waals surface area contributed by atoms with Crippen LogP contribution in [-0.4, -0.2) is 59.7 Å². The van der Waals surface area contributed by atoms with Crippen molar-refractivity contribution in [2.45, 2.75) is 26.3 Å². The number of aromatic nitrogens is 2. The molecular weight excluding hydrogens is 322 g/mol. The topological polar surface area (TPSA) is 113 Å². The normalized spacial score (nSPS) is 17.3. The summed E-state index contributed by atoms with van der Waals surface area (Å²) in [5.74, 6) is -1.47. The Kier molecular flexibility index (Phi) is 5.37. The molecule has 2 N–H and O–H groups in total. The highest BCUT2D eigenvalue weighted by molar-refractivity contribution is 7.89. The molecule has 1 aromatic heterocycles. The highest BCUT2D eigenvalue weighted by atomic mass is 32.2. The van der Waals surface area contributed by atoms with E-state index in [0.717, 1.165) is 0 Å². The van der Waals surface area contributed by atoms with Crippen LogP contribution in [0, 0.1) is 0 Å². The predicted octanol–water partition coefficient (Wildman–Crippen LogP) is -0.446. The molecule has 1 aromatic rings. The lowest BCUT2D eigenvalue weighted by molar-refractivity contribution is -0.136. The number of rotatable bonds is 5. The van der Waals surface area contributed by atoms with Gasteiger partial charge in [-0.1, -0.05) is 0 Å². The van der Waals surface area contributed by atoms with Gasteiger partial charge in [0.2, 0.25) is 10.0 Å². The van der Waals surface area contributed by atoms with E-state index in [0.29, 0.717) is 18.7 Å². The van der Waals surface area contributed by atoms with Gasteiger partial charge in [-0.25, -0.2) is 12.7 Å². The number of anilines is 1. The quantitative estimate of drug-likeness (QED) is 0.703. The van der Waals surface area contributed by atoms with Crippen molar-refractivity contribution in [1.82, 2.24) is 19.4 Å². The van der Waals surface area contributed by atoms with E-state index >= 15 is 0 Å². The van der Waals surface area contributed by atoms with E-state index in [4.69, 9.17) is 0 Å². The van der Waals surface area contributed by atoms with E-state index in [-0.39, 0.29) is 24.9 Å². The van der Waals surface area contributed by atoms with E-state index in [2.05, 4.69) is 15.7 Å². The minimum Gasteiger partial charge on any atom is -0.347 e. The summed E-state index contributed by atoms with van der Waals surface area (Å²) >= 11 is 0. The maximum atomic E-state index is 11.8. The predicted molar refractivity (Wildman–Crippen MR) is 84.2 cm³/mol. The number of hydrogen-bond acceptors (Lipinski definition) is 5. The molecule has 2 heterocycles. The SMILES string of the molecule is CC(C)n1cc(NC(=O)C(=O)NCCN2CCCS2(=O)=O)cn1. The number of amides is 2. The summed E-state index contributed by atoms with van der Waals surface area (Å²) in [7, 11) is -3.19. The van der Waals surface area contributed by atoms with Crippen molar-refractivity contribution in [3.63, 3.8) is 0 Å². The van der Waals surface area contributed by atoms with Crippen molar-refractivity contribution < 1.29 is 18.0 Å². The van der Waals surface area contributed by atoms with E-state index in [1.54, 1.807) is 10.9 Å². The Morgan fingerprint density at radius 3 is 2.65 bits per heavy atom. The van der Waals surface area contributed by atoms with E-state index in [1.165, 1.54) is 10.5 Å². The van der Waals surface area contributed by atoms with Gasteiger partial charge in [-0.3, -0.25) is 14.3 Å². The van der Waals surface area contributed by atoms with Crippen molar-refractivity contribution in [2.75, 3.05) is 30.7 Å². The van der Waals surface area contributed by atoms with Gasteiger partial charge in [-0.15, -0.1) is 0 Å². The summed E-state index contributed by atoms with van der Waals surface area (Å²) in [4.78, 5) is 23.5. The van der Waals surface area contributed by atoms with Crippen molar-refractivity contribution in [3.8, 4) is 0 Å². The number of carbonyl (C=O) groups excluding carboxylic acids is 2. The van der Waals surface area contributed by atoms with E-state index in [1.807, 2.05) is 13.8 Å². The zero-order chi connectivity index (χ0) is 17.0. The monoisotopic (exact) mass is 343 g/mol. The van der Waals surface area contributed by atoms with Crippen LogP contribution in [-0.2, 0) is 19.6 Å². The Balaban J connectivity index is 1.77. The largest absolute Gasteiger partial charge is 0.347 e. The van der Waals surface area contributed by atoms with Crippen LogP contribution in [0.5, 0.6) is 0 Å². The van der Waals surface area contributed by atoms with E-state index in [9.17, 15) is 18.0 Å². The van der Waals surface area contributed by atoms with Gasteiger partial charge in [0.05, 0.1) is 17.6 Å².